The number of anilines is 1. The zero-order valence-corrected chi connectivity index (χ0v) is 13.1. The summed E-state index contributed by atoms with van der Waals surface area (Å²) in [6, 6.07) is 5.70. The first-order valence-electron chi connectivity index (χ1n) is 8.00. The number of carbonyl (C=O) groups excluding carboxylic acids is 1. The number of hydrogen-bond acceptors (Lipinski definition) is 5. The maximum Gasteiger partial charge on any atom is 0.227 e. The Bertz CT molecular complexity index is 498. The summed E-state index contributed by atoms with van der Waals surface area (Å²) in [6.07, 6.45) is 2.22. The van der Waals surface area contributed by atoms with E-state index in [0.29, 0.717) is 26.2 Å². The van der Waals surface area contributed by atoms with Crippen LogP contribution in [0.25, 0.3) is 0 Å². The van der Waals surface area contributed by atoms with Crippen LogP contribution in [0.5, 0.6) is 0 Å². The van der Waals surface area contributed by atoms with Gasteiger partial charge in [0.25, 0.3) is 0 Å². The highest BCUT2D eigenvalue weighted by Gasteiger charge is 2.46. The summed E-state index contributed by atoms with van der Waals surface area (Å²) >= 11 is 0. The molecule has 2 aliphatic heterocycles. The molecule has 1 aromatic heterocycles. The van der Waals surface area contributed by atoms with E-state index < -0.39 is 0 Å². The third-order valence-electron chi connectivity index (χ3n) is 4.51. The van der Waals surface area contributed by atoms with E-state index in [4.69, 9.17) is 4.74 Å². The molecule has 1 N–H and O–H groups in total. The number of amides is 1. The first-order valence-corrected chi connectivity index (χ1v) is 8.00. The van der Waals surface area contributed by atoms with E-state index in [1.807, 2.05) is 30.0 Å². The van der Waals surface area contributed by atoms with Gasteiger partial charge in [-0.25, -0.2) is 4.98 Å². The Morgan fingerprint density at radius 2 is 2.18 bits per heavy atom. The molecule has 0 atom stereocenters. The number of hydrogen-bond donors (Lipinski definition) is 1. The van der Waals surface area contributed by atoms with Crippen molar-refractivity contribution < 1.29 is 9.53 Å². The second-order valence-electron chi connectivity index (χ2n) is 5.98. The fourth-order valence-electron chi connectivity index (χ4n) is 3.15. The molecule has 3 rings (SSSR count). The zero-order valence-electron chi connectivity index (χ0n) is 13.1. The minimum absolute atomic E-state index is 0.0650. The number of ether oxygens (including phenoxy) is 1. The van der Waals surface area contributed by atoms with Crippen LogP contribution in [0.3, 0.4) is 0 Å². The molecule has 0 radical (unpaired) electrons. The van der Waals surface area contributed by atoms with Gasteiger partial charge in [0, 0.05) is 38.8 Å². The van der Waals surface area contributed by atoms with Gasteiger partial charge in [-0.3, -0.25) is 14.6 Å². The van der Waals surface area contributed by atoms with Crippen molar-refractivity contribution in [2.24, 2.45) is 0 Å². The van der Waals surface area contributed by atoms with Crippen molar-refractivity contribution in [3.05, 3.63) is 24.4 Å². The molecule has 0 unspecified atom stereocenters. The van der Waals surface area contributed by atoms with Crippen molar-refractivity contribution in [2.75, 3.05) is 50.8 Å². The average Bonchev–Trinajstić information content (AvgIpc) is 2.55. The van der Waals surface area contributed by atoms with Gasteiger partial charge in [-0.05, 0) is 12.1 Å². The van der Waals surface area contributed by atoms with Gasteiger partial charge in [0.05, 0.1) is 25.3 Å². The molecule has 1 aromatic rings. The normalized spacial score (nSPS) is 21.1. The minimum atomic E-state index is -0.0650. The van der Waals surface area contributed by atoms with E-state index in [1.54, 1.807) is 6.20 Å². The predicted molar refractivity (Wildman–Crippen MR) is 84.9 cm³/mol. The number of aromatic nitrogens is 1. The summed E-state index contributed by atoms with van der Waals surface area (Å²) in [5.41, 5.74) is -0.0650. The van der Waals surface area contributed by atoms with Gasteiger partial charge in [0.1, 0.15) is 5.82 Å². The maximum atomic E-state index is 12.4. The van der Waals surface area contributed by atoms with Crippen molar-refractivity contribution in [1.82, 2.24) is 15.2 Å². The number of nitrogens with one attached hydrogen (secondary N) is 1. The number of nitrogens with zero attached hydrogens (tertiary/aromatic N) is 3. The molecule has 0 aromatic carbocycles. The largest absolute Gasteiger partial charge is 0.377 e. The Morgan fingerprint density at radius 3 is 2.73 bits per heavy atom. The lowest BCUT2D eigenvalue weighted by molar-refractivity contribution is -0.141. The average molecular weight is 304 g/mol. The van der Waals surface area contributed by atoms with Crippen LogP contribution in [0.2, 0.25) is 0 Å². The predicted octanol–water partition coefficient (Wildman–Crippen LogP) is 0.499. The first kappa shape index (κ1) is 15.4. The lowest BCUT2D eigenvalue weighted by atomic mass is 9.92. The molecule has 6 nitrogen and oxygen atoms in total. The topological polar surface area (TPSA) is 57.7 Å². The monoisotopic (exact) mass is 304 g/mol. The minimum Gasteiger partial charge on any atom is -0.377 e. The molecule has 6 heteroatoms. The van der Waals surface area contributed by atoms with Crippen LogP contribution in [-0.2, 0) is 9.53 Å². The highest BCUT2D eigenvalue weighted by Crippen LogP contribution is 2.28. The molecule has 22 heavy (non-hydrogen) atoms. The van der Waals surface area contributed by atoms with Gasteiger partial charge in [-0.15, -0.1) is 0 Å². The van der Waals surface area contributed by atoms with E-state index in [1.165, 1.54) is 0 Å². The van der Waals surface area contributed by atoms with E-state index in [2.05, 4.69) is 15.2 Å². The molecule has 0 aliphatic carbocycles. The van der Waals surface area contributed by atoms with Crippen LogP contribution >= 0.6 is 0 Å². The molecule has 2 saturated heterocycles. The Labute approximate surface area is 131 Å². The van der Waals surface area contributed by atoms with Gasteiger partial charge in [-0.1, -0.05) is 13.0 Å². The molecule has 1 amide bonds. The lowest BCUT2D eigenvalue weighted by Gasteiger charge is -2.52. The van der Waals surface area contributed by atoms with Crippen molar-refractivity contribution in [3.63, 3.8) is 0 Å². The van der Waals surface area contributed by atoms with E-state index in [-0.39, 0.29) is 11.4 Å². The van der Waals surface area contributed by atoms with Crippen LogP contribution in [-0.4, -0.2) is 67.3 Å². The summed E-state index contributed by atoms with van der Waals surface area (Å²) in [6.45, 7) is 7.91. The first-order chi connectivity index (χ1) is 10.7. The molecular weight excluding hydrogens is 280 g/mol. The standard InChI is InChI=1S/C16H24N4O2/c1-2-15(21)20(14-5-3-4-6-18-14)11-16(12-22-13-16)19-9-7-17-8-10-19/h3-6,17H,2,7-13H2,1H3. The van der Waals surface area contributed by atoms with E-state index in [0.717, 1.165) is 32.0 Å². The number of carbonyl (C=O) groups is 1. The van der Waals surface area contributed by atoms with Crippen LogP contribution < -0.4 is 10.2 Å². The summed E-state index contributed by atoms with van der Waals surface area (Å²) in [5, 5.41) is 3.38. The molecule has 3 heterocycles. The Morgan fingerprint density at radius 1 is 1.41 bits per heavy atom. The number of piperazine rings is 1. The van der Waals surface area contributed by atoms with Crippen LogP contribution in [0.15, 0.2) is 24.4 Å². The summed E-state index contributed by atoms with van der Waals surface area (Å²) in [4.78, 5) is 21.1. The fraction of sp³-hybridized carbons (Fsp3) is 0.625. The quantitative estimate of drug-likeness (QED) is 0.858. The van der Waals surface area contributed by atoms with E-state index in [9.17, 15) is 4.79 Å². The molecule has 120 valence electrons. The number of rotatable bonds is 5. The second kappa shape index (κ2) is 6.73. The van der Waals surface area contributed by atoms with E-state index >= 15 is 0 Å². The molecule has 0 spiro atoms. The number of pyridine rings is 1. The lowest BCUT2D eigenvalue weighted by Crippen LogP contribution is -2.70. The van der Waals surface area contributed by atoms with Crippen molar-refractivity contribution in [1.29, 1.82) is 0 Å². The Balaban J connectivity index is 1.80. The Kier molecular flexibility index (Phi) is 4.71. The highest BCUT2D eigenvalue weighted by atomic mass is 16.5. The SMILES string of the molecule is CCC(=O)N(CC1(N2CCNCC2)COC1)c1ccccn1. The van der Waals surface area contributed by atoms with Crippen LogP contribution in [0.4, 0.5) is 5.82 Å². The maximum absolute atomic E-state index is 12.4. The second-order valence-corrected chi connectivity index (χ2v) is 5.98. The molecule has 0 bridgehead atoms. The molecule has 2 aliphatic rings. The fourth-order valence-corrected chi connectivity index (χ4v) is 3.15. The van der Waals surface area contributed by atoms with Crippen molar-refractivity contribution in [2.45, 2.75) is 18.9 Å². The summed E-state index contributed by atoms with van der Waals surface area (Å²) in [7, 11) is 0. The zero-order chi connectivity index (χ0) is 15.4. The smallest absolute Gasteiger partial charge is 0.227 e. The molecule has 2 fully saturated rings. The van der Waals surface area contributed by atoms with Gasteiger partial charge in [-0.2, -0.15) is 0 Å². The molecule has 0 saturated carbocycles. The Hall–Kier alpha value is -1.50. The summed E-state index contributed by atoms with van der Waals surface area (Å²) in [5.74, 6) is 0.843. The van der Waals surface area contributed by atoms with Crippen molar-refractivity contribution in [3.8, 4) is 0 Å². The van der Waals surface area contributed by atoms with Gasteiger partial charge in [0.2, 0.25) is 5.91 Å². The highest BCUT2D eigenvalue weighted by molar-refractivity contribution is 5.92. The van der Waals surface area contributed by atoms with Gasteiger partial charge >= 0.3 is 0 Å². The summed E-state index contributed by atoms with van der Waals surface area (Å²) < 4.78 is 5.52. The third kappa shape index (κ3) is 2.99. The van der Waals surface area contributed by atoms with Crippen LogP contribution in [0.1, 0.15) is 13.3 Å². The van der Waals surface area contributed by atoms with Crippen LogP contribution in [0, 0.1) is 0 Å². The van der Waals surface area contributed by atoms with Gasteiger partial charge in [0.15, 0.2) is 0 Å². The third-order valence-corrected chi connectivity index (χ3v) is 4.51. The van der Waals surface area contributed by atoms with Gasteiger partial charge < -0.3 is 10.1 Å². The van der Waals surface area contributed by atoms with Crippen molar-refractivity contribution >= 4 is 11.7 Å². The molecular formula is C16H24N4O2.